The molecule has 0 saturated carbocycles. The highest BCUT2D eigenvalue weighted by molar-refractivity contribution is 6.04. The van der Waals surface area contributed by atoms with E-state index < -0.39 is 0 Å². The fourth-order valence-electron chi connectivity index (χ4n) is 0.311. The molecule has 1 amide bonds. The number of amides is 1. The molecule has 0 bridgehead atoms. The van der Waals surface area contributed by atoms with Gasteiger partial charge in [0.25, 0.3) is 0 Å². The van der Waals surface area contributed by atoms with E-state index in [4.69, 9.17) is 7.98 Å². The topological polar surface area (TPSA) is 41.1 Å². The van der Waals surface area contributed by atoms with Gasteiger partial charge in [-0.05, 0) is 0 Å². The monoisotopic (exact) mass is 112 g/mol. The van der Waals surface area contributed by atoms with Gasteiger partial charge < -0.3 is 10.5 Å². The largest absolute Gasteiger partial charge is 0.365 e. The lowest BCUT2D eigenvalue weighted by atomic mass is 10.4. The van der Waals surface area contributed by atoms with Crippen molar-refractivity contribution in [1.82, 2.24) is 10.5 Å². The molecule has 2 radical (unpaired) electrons. The van der Waals surface area contributed by atoms with Crippen molar-refractivity contribution in [2.24, 2.45) is 0 Å². The van der Waals surface area contributed by atoms with Gasteiger partial charge in [0.15, 0.2) is 7.98 Å². The van der Waals surface area contributed by atoms with Crippen LogP contribution in [0.4, 0.5) is 0 Å². The van der Waals surface area contributed by atoms with Crippen LogP contribution in [-0.4, -0.2) is 27.0 Å². The second kappa shape index (κ2) is 4.65. The number of carbonyl (C=O) groups is 1. The predicted octanol–water partition coefficient (Wildman–Crippen LogP) is -1.20. The van der Waals surface area contributed by atoms with Crippen LogP contribution in [0.15, 0.2) is 0 Å². The second-order valence-electron chi connectivity index (χ2n) is 1.44. The van der Waals surface area contributed by atoms with Crippen molar-refractivity contribution in [2.75, 3.05) is 13.1 Å². The van der Waals surface area contributed by atoms with E-state index in [1.165, 1.54) is 6.92 Å². The average Bonchev–Trinajstić information content (AvgIpc) is 1.66. The van der Waals surface area contributed by atoms with Crippen molar-refractivity contribution in [3.05, 3.63) is 0 Å². The molecule has 0 unspecified atom stereocenters. The Kier molecular flexibility index (Phi) is 4.36. The van der Waals surface area contributed by atoms with E-state index in [9.17, 15) is 4.79 Å². The molecule has 0 atom stereocenters. The summed E-state index contributed by atoms with van der Waals surface area (Å²) in [6.45, 7) is 2.67. The van der Waals surface area contributed by atoms with Crippen molar-refractivity contribution in [3.8, 4) is 0 Å². The van der Waals surface area contributed by atoms with Crippen molar-refractivity contribution in [3.63, 3.8) is 0 Å². The van der Waals surface area contributed by atoms with Gasteiger partial charge in [-0.3, -0.25) is 4.79 Å². The number of rotatable bonds is 3. The summed E-state index contributed by atoms with van der Waals surface area (Å²) in [7, 11) is 4.91. The summed E-state index contributed by atoms with van der Waals surface area (Å²) in [5.74, 6) is -0.0275. The zero-order valence-corrected chi connectivity index (χ0v) is 4.90. The molecule has 8 heavy (non-hydrogen) atoms. The van der Waals surface area contributed by atoms with Crippen LogP contribution in [-0.2, 0) is 4.79 Å². The fourth-order valence-corrected chi connectivity index (χ4v) is 0.311. The zero-order chi connectivity index (χ0) is 6.41. The Hall–Kier alpha value is -0.505. The first-order valence-electron chi connectivity index (χ1n) is 2.45. The molecule has 0 aromatic rings. The molecule has 0 fully saturated rings. The van der Waals surface area contributed by atoms with E-state index in [2.05, 4.69) is 10.5 Å². The Balaban J connectivity index is 2.82. The predicted molar refractivity (Wildman–Crippen MR) is 32.4 cm³/mol. The van der Waals surface area contributed by atoms with Crippen LogP contribution < -0.4 is 10.5 Å². The first-order chi connectivity index (χ1) is 3.77. The average molecular weight is 112 g/mol. The van der Waals surface area contributed by atoms with Crippen LogP contribution in [0.1, 0.15) is 6.92 Å². The van der Waals surface area contributed by atoms with E-state index >= 15 is 0 Å². The van der Waals surface area contributed by atoms with Crippen LogP contribution in [0.5, 0.6) is 0 Å². The van der Waals surface area contributed by atoms with Gasteiger partial charge in [-0.25, -0.2) is 0 Å². The minimum atomic E-state index is -0.0275. The third kappa shape index (κ3) is 5.49. The minimum Gasteiger partial charge on any atom is -0.365 e. The Bertz CT molecular complexity index is 76.4. The molecular formula is C4H9BN2O. The first-order valence-corrected chi connectivity index (χ1v) is 2.45. The van der Waals surface area contributed by atoms with Gasteiger partial charge in [0.2, 0.25) is 5.91 Å². The maximum absolute atomic E-state index is 10.1. The smallest absolute Gasteiger partial charge is 0.216 e. The molecule has 3 nitrogen and oxygen atoms in total. The quantitative estimate of drug-likeness (QED) is 0.355. The molecule has 0 saturated heterocycles. The molecule has 0 aliphatic rings. The molecule has 44 valence electrons. The number of nitrogens with one attached hydrogen (secondary N) is 2. The molecule has 2 N–H and O–H groups in total. The van der Waals surface area contributed by atoms with Crippen LogP contribution in [0, 0.1) is 0 Å². The van der Waals surface area contributed by atoms with E-state index in [-0.39, 0.29) is 5.91 Å². The fraction of sp³-hybridized carbons (Fsp3) is 0.750. The Morgan fingerprint density at radius 2 is 2.25 bits per heavy atom. The molecule has 0 aromatic carbocycles. The maximum atomic E-state index is 10.1. The van der Waals surface area contributed by atoms with E-state index in [1.54, 1.807) is 0 Å². The minimum absolute atomic E-state index is 0.0275. The summed E-state index contributed by atoms with van der Waals surface area (Å²) in [4.78, 5) is 10.1. The summed E-state index contributed by atoms with van der Waals surface area (Å²) >= 11 is 0. The van der Waals surface area contributed by atoms with Crippen molar-refractivity contribution in [1.29, 1.82) is 0 Å². The first kappa shape index (κ1) is 7.49. The number of carbonyl (C=O) groups excluding carboxylic acids is 1. The summed E-state index contributed by atoms with van der Waals surface area (Å²) < 4.78 is 0. The second-order valence-corrected chi connectivity index (χ2v) is 1.44. The molecule has 4 heteroatoms. The zero-order valence-electron chi connectivity index (χ0n) is 4.90. The maximum Gasteiger partial charge on any atom is 0.216 e. The van der Waals surface area contributed by atoms with Gasteiger partial charge >= 0.3 is 0 Å². The lowest BCUT2D eigenvalue weighted by Gasteiger charge is -1.98. The van der Waals surface area contributed by atoms with Gasteiger partial charge in [0.1, 0.15) is 0 Å². The van der Waals surface area contributed by atoms with Gasteiger partial charge in [0.05, 0.1) is 0 Å². The van der Waals surface area contributed by atoms with Gasteiger partial charge in [-0.15, -0.1) is 0 Å². The molecule has 0 aliphatic carbocycles. The summed E-state index contributed by atoms with van der Waals surface area (Å²) in [5, 5.41) is 4.97. The third-order valence-corrected chi connectivity index (χ3v) is 0.643. The third-order valence-electron chi connectivity index (χ3n) is 0.643. The lowest BCUT2D eigenvalue weighted by molar-refractivity contribution is -0.118. The Morgan fingerprint density at radius 3 is 2.62 bits per heavy atom. The van der Waals surface area contributed by atoms with Crippen molar-refractivity contribution >= 4 is 13.9 Å². The molecule has 0 aliphatic heterocycles. The van der Waals surface area contributed by atoms with Gasteiger partial charge in [0, 0.05) is 20.0 Å². The highest BCUT2D eigenvalue weighted by Crippen LogP contribution is 1.56. The summed E-state index contributed by atoms with van der Waals surface area (Å²) in [5.41, 5.74) is 0. The van der Waals surface area contributed by atoms with Crippen LogP contribution >= 0.6 is 0 Å². The number of hydrogen-bond donors (Lipinski definition) is 2. The van der Waals surface area contributed by atoms with Crippen LogP contribution in [0.3, 0.4) is 0 Å². The molecule has 0 spiro atoms. The van der Waals surface area contributed by atoms with Gasteiger partial charge in [-0.2, -0.15) is 0 Å². The summed E-state index contributed by atoms with van der Waals surface area (Å²) in [6, 6.07) is 0. The highest BCUT2D eigenvalue weighted by atomic mass is 16.1. The molecule has 0 heterocycles. The Morgan fingerprint density at radius 1 is 1.62 bits per heavy atom. The van der Waals surface area contributed by atoms with E-state index in [0.717, 1.165) is 0 Å². The van der Waals surface area contributed by atoms with Crippen molar-refractivity contribution < 1.29 is 4.79 Å². The van der Waals surface area contributed by atoms with Crippen LogP contribution in [0.2, 0.25) is 0 Å². The number of hydrogen-bond acceptors (Lipinski definition) is 2. The lowest BCUT2D eigenvalue weighted by Crippen LogP contribution is -2.28. The molecule has 0 aromatic heterocycles. The summed E-state index contributed by atoms with van der Waals surface area (Å²) in [6.07, 6.45) is 0. The SMILES string of the molecule is [B]NCCNC(C)=O. The van der Waals surface area contributed by atoms with E-state index in [0.29, 0.717) is 13.1 Å². The van der Waals surface area contributed by atoms with Crippen molar-refractivity contribution in [2.45, 2.75) is 6.92 Å². The standard InChI is InChI=1S/C4H9BN2O/c1-4(8)6-2-3-7-5/h7H,2-3H2,1H3,(H,6,8). The highest BCUT2D eigenvalue weighted by Gasteiger charge is 1.85. The molecular weight excluding hydrogens is 103 g/mol. The van der Waals surface area contributed by atoms with Gasteiger partial charge in [-0.1, -0.05) is 0 Å². The molecule has 0 rings (SSSR count). The normalized spacial score (nSPS) is 8.62. The van der Waals surface area contributed by atoms with Crippen LogP contribution in [0.25, 0.3) is 0 Å². The van der Waals surface area contributed by atoms with E-state index in [1.807, 2.05) is 0 Å². The Labute approximate surface area is 50.3 Å².